The lowest BCUT2D eigenvalue weighted by atomic mass is 10.1. The summed E-state index contributed by atoms with van der Waals surface area (Å²) in [5, 5.41) is 9.45. The molecule has 5 heteroatoms. The fraction of sp³-hybridized carbons (Fsp3) is 0.524. The van der Waals surface area contributed by atoms with Gasteiger partial charge in [-0.3, -0.25) is 4.79 Å². The lowest BCUT2D eigenvalue weighted by Crippen LogP contribution is -2.45. The summed E-state index contributed by atoms with van der Waals surface area (Å²) in [5.41, 5.74) is 4.20. The van der Waals surface area contributed by atoms with E-state index in [1.54, 1.807) is 6.20 Å². The number of nitrogens with zero attached hydrogens (tertiary/aromatic N) is 4. The van der Waals surface area contributed by atoms with Crippen molar-refractivity contribution in [1.82, 2.24) is 9.80 Å². The van der Waals surface area contributed by atoms with E-state index in [4.69, 9.17) is 0 Å². The van der Waals surface area contributed by atoms with Gasteiger partial charge in [0.25, 0.3) is 5.91 Å². The molecule has 0 unspecified atom stereocenters. The van der Waals surface area contributed by atoms with Gasteiger partial charge in [0.05, 0.1) is 0 Å². The van der Waals surface area contributed by atoms with Crippen LogP contribution in [0.2, 0.25) is 0 Å². The van der Waals surface area contributed by atoms with Gasteiger partial charge in [0.2, 0.25) is 0 Å². The molecule has 0 saturated carbocycles. The largest absolute Gasteiger partial charge is 0.373 e. The first-order valence-electron chi connectivity index (χ1n) is 9.56. The third kappa shape index (κ3) is 4.01. The number of nitriles is 1. The molecule has 0 bridgehead atoms. The number of likely N-dealkylation sites (tertiary alicyclic amines) is 1. The monoisotopic (exact) mass is 352 g/mol. The molecular formula is C21H28N4O. The van der Waals surface area contributed by atoms with E-state index in [1.807, 2.05) is 4.90 Å². The molecule has 2 fully saturated rings. The van der Waals surface area contributed by atoms with Crippen LogP contribution in [0.3, 0.4) is 0 Å². The number of piperazine rings is 1. The zero-order chi connectivity index (χ0) is 18.5. The minimum Gasteiger partial charge on any atom is -0.373 e. The second-order valence-corrected chi connectivity index (χ2v) is 7.25. The minimum absolute atomic E-state index is 0.107. The first-order chi connectivity index (χ1) is 12.6. The number of anilines is 1. The Morgan fingerprint density at radius 1 is 1.04 bits per heavy atom. The van der Waals surface area contributed by atoms with Crippen LogP contribution >= 0.6 is 0 Å². The van der Waals surface area contributed by atoms with Crippen molar-refractivity contribution in [3.63, 3.8) is 0 Å². The standard InChI is InChI=1S/C21H28N4O/c1-17-7-6-8-20(18(17)2)24-13-11-23(12-14-24)16-19(15-22)21(26)25-9-4-3-5-10-25/h6-8,16H,3-5,9-14H2,1-2H3/b19-16-. The van der Waals surface area contributed by atoms with Crippen LogP contribution in [0.4, 0.5) is 5.69 Å². The van der Waals surface area contributed by atoms with Crippen molar-refractivity contribution >= 4 is 11.6 Å². The zero-order valence-corrected chi connectivity index (χ0v) is 15.9. The van der Waals surface area contributed by atoms with Gasteiger partial charge in [-0.2, -0.15) is 5.26 Å². The summed E-state index contributed by atoms with van der Waals surface area (Å²) in [6.45, 7) is 9.31. The highest BCUT2D eigenvalue weighted by Gasteiger charge is 2.23. The van der Waals surface area contributed by atoms with Gasteiger partial charge in [0, 0.05) is 51.2 Å². The van der Waals surface area contributed by atoms with Crippen LogP contribution in [-0.4, -0.2) is 55.0 Å². The van der Waals surface area contributed by atoms with Crippen LogP contribution < -0.4 is 4.90 Å². The molecule has 0 aromatic heterocycles. The molecule has 2 heterocycles. The lowest BCUT2D eigenvalue weighted by Gasteiger charge is -2.37. The molecule has 138 valence electrons. The predicted molar refractivity (Wildman–Crippen MR) is 104 cm³/mol. The smallest absolute Gasteiger partial charge is 0.266 e. The number of hydrogen-bond donors (Lipinski definition) is 0. The molecule has 0 N–H and O–H groups in total. The summed E-state index contributed by atoms with van der Waals surface area (Å²) in [6, 6.07) is 8.54. The molecule has 1 amide bonds. The fourth-order valence-electron chi connectivity index (χ4n) is 3.75. The van der Waals surface area contributed by atoms with Crippen LogP contribution in [0, 0.1) is 25.2 Å². The van der Waals surface area contributed by atoms with E-state index in [0.29, 0.717) is 0 Å². The Bertz CT molecular complexity index is 720. The highest BCUT2D eigenvalue weighted by Crippen LogP contribution is 2.24. The fourth-order valence-corrected chi connectivity index (χ4v) is 3.75. The van der Waals surface area contributed by atoms with Crippen molar-refractivity contribution in [2.24, 2.45) is 0 Å². The first kappa shape index (κ1) is 18.3. The van der Waals surface area contributed by atoms with E-state index in [-0.39, 0.29) is 11.5 Å². The predicted octanol–water partition coefficient (Wildman–Crippen LogP) is 2.85. The maximum absolute atomic E-state index is 12.6. The molecule has 0 radical (unpaired) electrons. The average molecular weight is 352 g/mol. The number of carbonyl (C=O) groups excluding carboxylic acids is 1. The van der Waals surface area contributed by atoms with Gasteiger partial charge in [0.15, 0.2) is 0 Å². The summed E-state index contributed by atoms with van der Waals surface area (Å²) in [5.74, 6) is -0.107. The molecule has 1 aromatic rings. The number of aryl methyl sites for hydroxylation is 1. The van der Waals surface area contributed by atoms with Crippen molar-refractivity contribution in [1.29, 1.82) is 5.26 Å². The van der Waals surface area contributed by atoms with Crippen LogP contribution in [0.25, 0.3) is 0 Å². The van der Waals surface area contributed by atoms with Gasteiger partial charge in [-0.15, -0.1) is 0 Å². The van der Waals surface area contributed by atoms with Crippen molar-refractivity contribution in [3.05, 3.63) is 41.1 Å². The van der Waals surface area contributed by atoms with Crippen molar-refractivity contribution in [2.45, 2.75) is 33.1 Å². The lowest BCUT2D eigenvalue weighted by molar-refractivity contribution is -0.127. The molecule has 3 rings (SSSR count). The van der Waals surface area contributed by atoms with Crippen LogP contribution in [0.1, 0.15) is 30.4 Å². The van der Waals surface area contributed by atoms with Gasteiger partial charge in [-0.25, -0.2) is 0 Å². The highest BCUT2D eigenvalue weighted by atomic mass is 16.2. The molecular weight excluding hydrogens is 324 g/mol. The molecule has 2 aliphatic heterocycles. The van der Waals surface area contributed by atoms with Gasteiger partial charge >= 0.3 is 0 Å². The van der Waals surface area contributed by atoms with E-state index in [1.165, 1.54) is 23.2 Å². The van der Waals surface area contributed by atoms with E-state index < -0.39 is 0 Å². The number of benzene rings is 1. The third-order valence-corrected chi connectivity index (χ3v) is 5.54. The Morgan fingerprint density at radius 3 is 2.38 bits per heavy atom. The van der Waals surface area contributed by atoms with Crippen LogP contribution in [-0.2, 0) is 4.79 Å². The number of piperidine rings is 1. The molecule has 0 aliphatic carbocycles. The van der Waals surface area contributed by atoms with Crippen molar-refractivity contribution in [3.8, 4) is 6.07 Å². The molecule has 2 aliphatic rings. The SMILES string of the molecule is Cc1cccc(N2CCN(/C=C(/C#N)C(=O)N3CCCCC3)CC2)c1C. The topological polar surface area (TPSA) is 50.6 Å². The number of hydrogen-bond acceptors (Lipinski definition) is 4. The van der Waals surface area contributed by atoms with Crippen molar-refractivity contribution in [2.75, 3.05) is 44.2 Å². The van der Waals surface area contributed by atoms with Gasteiger partial charge < -0.3 is 14.7 Å². The van der Waals surface area contributed by atoms with Crippen molar-refractivity contribution < 1.29 is 4.79 Å². The quantitative estimate of drug-likeness (QED) is 0.620. The molecule has 0 atom stereocenters. The van der Waals surface area contributed by atoms with Crippen LogP contribution in [0.5, 0.6) is 0 Å². The van der Waals surface area contributed by atoms with E-state index in [9.17, 15) is 10.1 Å². The van der Waals surface area contributed by atoms with Gasteiger partial charge in [0.1, 0.15) is 11.6 Å². The van der Waals surface area contributed by atoms with E-state index in [0.717, 1.165) is 52.1 Å². The van der Waals surface area contributed by atoms with Gasteiger partial charge in [-0.05, 0) is 50.3 Å². The second-order valence-electron chi connectivity index (χ2n) is 7.25. The highest BCUT2D eigenvalue weighted by molar-refractivity contribution is 5.97. The summed E-state index contributed by atoms with van der Waals surface area (Å²) in [6.07, 6.45) is 5.03. The number of amides is 1. The maximum atomic E-state index is 12.6. The molecule has 26 heavy (non-hydrogen) atoms. The van der Waals surface area contributed by atoms with E-state index >= 15 is 0 Å². The van der Waals surface area contributed by atoms with Gasteiger partial charge in [-0.1, -0.05) is 12.1 Å². The second kappa shape index (κ2) is 8.27. The first-order valence-corrected chi connectivity index (χ1v) is 9.56. The summed E-state index contributed by atoms with van der Waals surface area (Å²) in [4.78, 5) is 18.9. The molecule has 1 aromatic carbocycles. The molecule has 0 spiro atoms. The Morgan fingerprint density at radius 2 is 1.73 bits per heavy atom. The normalized spacial score (nSPS) is 18.7. The summed E-state index contributed by atoms with van der Waals surface area (Å²) >= 11 is 0. The van der Waals surface area contributed by atoms with E-state index in [2.05, 4.69) is 47.9 Å². The molecule has 2 saturated heterocycles. The van der Waals surface area contributed by atoms with Crippen LogP contribution in [0.15, 0.2) is 30.0 Å². The zero-order valence-electron chi connectivity index (χ0n) is 15.9. The Kier molecular flexibility index (Phi) is 5.82. The third-order valence-electron chi connectivity index (χ3n) is 5.54. The average Bonchev–Trinajstić information content (AvgIpc) is 2.69. The Balaban J connectivity index is 1.63. The Labute approximate surface area is 156 Å². The molecule has 5 nitrogen and oxygen atoms in total. The number of carbonyl (C=O) groups is 1. The maximum Gasteiger partial charge on any atom is 0.266 e. The Hall–Kier alpha value is -2.48. The summed E-state index contributed by atoms with van der Waals surface area (Å²) in [7, 11) is 0. The minimum atomic E-state index is -0.107. The number of rotatable bonds is 3. The summed E-state index contributed by atoms with van der Waals surface area (Å²) < 4.78 is 0.